The van der Waals surface area contributed by atoms with E-state index in [0.717, 1.165) is 24.6 Å². The molecule has 0 radical (unpaired) electrons. The molecule has 2 atom stereocenters. The third-order valence-electron chi connectivity index (χ3n) is 2.90. The molecule has 1 saturated heterocycles. The summed E-state index contributed by atoms with van der Waals surface area (Å²) in [4.78, 5) is 27.1. The highest BCUT2D eigenvalue weighted by Crippen LogP contribution is 2.42. The molecular formula is C11H16N2O4S. The summed E-state index contributed by atoms with van der Waals surface area (Å²) in [6.45, 7) is 3.03. The predicted octanol–water partition coefficient (Wildman–Crippen LogP) is 0.445. The Morgan fingerprint density at radius 3 is 3.00 bits per heavy atom. The van der Waals surface area contributed by atoms with Crippen LogP contribution in [0.4, 0.5) is 0 Å². The summed E-state index contributed by atoms with van der Waals surface area (Å²) < 4.78 is 9.32. The van der Waals surface area contributed by atoms with Crippen molar-refractivity contribution in [2.45, 2.75) is 37.0 Å². The number of aliphatic imine (C=N–C) groups is 1. The molecule has 7 heteroatoms. The van der Waals surface area contributed by atoms with E-state index in [1.165, 1.54) is 0 Å². The van der Waals surface area contributed by atoms with Gasteiger partial charge in [0.15, 0.2) is 5.17 Å². The highest BCUT2D eigenvalue weighted by atomic mass is 32.2. The van der Waals surface area contributed by atoms with Crippen molar-refractivity contribution in [2.75, 3.05) is 13.2 Å². The van der Waals surface area contributed by atoms with Crippen molar-refractivity contribution in [3.05, 3.63) is 0 Å². The first-order chi connectivity index (χ1) is 8.58. The van der Waals surface area contributed by atoms with Gasteiger partial charge in [-0.05, 0) is 6.42 Å². The maximum atomic E-state index is 11.8. The Kier molecular flexibility index (Phi) is 3.91. The fraction of sp³-hybridized carbons (Fsp3) is 0.727. The normalized spacial score (nSPS) is 30.9. The number of esters is 1. The first-order valence-electron chi connectivity index (χ1n) is 5.95. The van der Waals surface area contributed by atoms with Gasteiger partial charge in [0.1, 0.15) is 6.10 Å². The first kappa shape index (κ1) is 13.4. The predicted molar refractivity (Wildman–Crippen MR) is 67.2 cm³/mol. The van der Waals surface area contributed by atoms with Gasteiger partial charge in [0.05, 0.1) is 6.61 Å². The number of hydrogen-bond donors (Lipinski definition) is 1. The minimum atomic E-state index is -1.25. The van der Waals surface area contributed by atoms with Crippen LogP contribution in [0.1, 0.15) is 26.2 Å². The largest absolute Gasteiger partial charge is 0.458 e. The van der Waals surface area contributed by atoms with Gasteiger partial charge in [0.2, 0.25) is 4.75 Å². The standard InChI is InChI=1S/C11H16N2O4S/c1-2-3-4-16-6-7-5-11(9(15)17-7)8(14)13-10(12)18-11/h7H,2-6H2,1H3,(H2,12,13,14)/t7-,11+/m1/s1. The Hall–Kier alpha value is -1.08. The minimum Gasteiger partial charge on any atom is -0.458 e. The van der Waals surface area contributed by atoms with Crippen LogP contribution in [0.3, 0.4) is 0 Å². The molecule has 0 unspecified atom stereocenters. The molecule has 2 rings (SSSR count). The molecule has 0 aliphatic carbocycles. The van der Waals surface area contributed by atoms with Gasteiger partial charge >= 0.3 is 5.97 Å². The van der Waals surface area contributed by atoms with Crippen LogP contribution in [0.15, 0.2) is 4.99 Å². The van der Waals surface area contributed by atoms with Crippen molar-refractivity contribution in [2.24, 2.45) is 10.7 Å². The second-order valence-corrected chi connectivity index (χ2v) is 5.66. The number of cyclic esters (lactones) is 1. The number of nitrogens with zero attached hydrogens (tertiary/aromatic N) is 1. The van der Waals surface area contributed by atoms with Gasteiger partial charge in [-0.1, -0.05) is 25.1 Å². The Labute approximate surface area is 109 Å². The fourth-order valence-electron chi connectivity index (χ4n) is 1.94. The zero-order valence-electron chi connectivity index (χ0n) is 10.2. The molecule has 6 nitrogen and oxygen atoms in total. The summed E-state index contributed by atoms with van der Waals surface area (Å²) >= 11 is 0.987. The summed E-state index contributed by atoms with van der Waals surface area (Å²) in [5.41, 5.74) is 5.48. The minimum absolute atomic E-state index is 0.129. The number of carbonyl (C=O) groups is 2. The van der Waals surface area contributed by atoms with Crippen LogP contribution in [0.5, 0.6) is 0 Å². The molecule has 2 aliphatic rings. The summed E-state index contributed by atoms with van der Waals surface area (Å²) in [6.07, 6.45) is 1.92. The van der Waals surface area contributed by atoms with Gasteiger partial charge in [0, 0.05) is 13.0 Å². The zero-order chi connectivity index (χ0) is 13.2. The topological polar surface area (TPSA) is 91.0 Å². The van der Waals surface area contributed by atoms with Crippen LogP contribution in [0, 0.1) is 0 Å². The number of thioether (sulfide) groups is 1. The van der Waals surface area contributed by atoms with Crippen molar-refractivity contribution in [1.29, 1.82) is 0 Å². The maximum absolute atomic E-state index is 11.8. The number of amidine groups is 1. The lowest BCUT2D eigenvalue weighted by molar-refractivity contribution is -0.146. The van der Waals surface area contributed by atoms with Crippen molar-refractivity contribution in [1.82, 2.24) is 0 Å². The van der Waals surface area contributed by atoms with Gasteiger partial charge < -0.3 is 15.2 Å². The Bertz CT molecular complexity index is 399. The fourth-order valence-corrected chi connectivity index (χ4v) is 2.96. The quantitative estimate of drug-likeness (QED) is 0.444. The molecule has 1 spiro atoms. The third kappa shape index (κ3) is 2.37. The van der Waals surface area contributed by atoms with Crippen LogP contribution in [-0.4, -0.2) is 41.1 Å². The number of amides is 1. The summed E-state index contributed by atoms with van der Waals surface area (Å²) in [5.74, 6) is -1.06. The van der Waals surface area contributed by atoms with E-state index >= 15 is 0 Å². The van der Waals surface area contributed by atoms with Gasteiger partial charge in [-0.2, -0.15) is 4.99 Å². The number of ether oxygens (including phenoxy) is 2. The molecular weight excluding hydrogens is 256 g/mol. The van der Waals surface area contributed by atoms with E-state index in [1.54, 1.807) is 0 Å². The average Bonchev–Trinajstić information content (AvgIpc) is 2.77. The monoisotopic (exact) mass is 272 g/mol. The second-order valence-electron chi connectivity index (χ2n) is 4.34. The van der Waals surface area contributed by atoms with Crippen LogP contribution >= 0.6 is 11.8 Å². The van der Waals surface area contributed by atoms with Gasteiger partial charge in [-0.25, -0.2) is 4.79 Å². The van der Waals surface area contributed by atoms with E-state index in [2.05, 4.69) is 11.9 Å². The van der Waals surface area contributed by atoms with Crippen molar-refractivity contribution in [3.63, 3.8) is 0 Å². The van der Waals surface area contributed by atoms with Crippen LogP contribution in [-0.2, 0) is 19.1 Å². The van der Waals surface area contributed by atoms with Crippen LogP contribution in [0.25, 0.3) is 0 Å². The van der Waals surface area contributed by atoms with E-state index in [4.69, 9.17) is 15.2 Å². The number of unbranched alkanes of at least 4 members (excludes halogenated alkanes) is 1. The number of hydrogen-bond acceptors (Lipinski definition) is 6. The maximum Gasteiger partial charge on any atom is 0.333 e. The number of carbonyl (C=O) groups excluding carboxylic acids is 2. The lowest BCUT2D eigenvalue weighted by atomic mass is 10.0. The lowest BCUT2D eigenvalue weighted by Gasteiger charge is -2.12. The second kappa shape index (κ2) is 5.27. The van der Waals surface area contributed by atoms with Crippen molar-refractivity contribution in [3.8, 4) is 0 Å². The molecule has 0 aromatic heterocycles. The summed E-state index contributed by atoms with van der Waals surface area (Å²) in [7, 11) is 0. The smallest absolute Gasteiger partial charge is 0.333 e. The SMILES string of the molecule is CCCCOC[C@H]1C[C@@]2(SC(N)=NC2=O)C(=O)O1. The molecule has 0 aromatic carbocycles. The number of rotatable bonds is 5. The van der Waals surface area contributed by atoms with E-state index in [-0.39, 0.29) is 17.7 Å². The van der Waals surface area contributed by atoms with E-state index in [1.807, 2.05) is 0 Å². The highest BCUT2D eigenvalue weighted by molar-refractivity contribution is 8.16. The van der Waals surface area contributed by atoms with Gasteiger partial charge in [-0.3, -0.25) is 4.79 Å². The zero-order valence-corrected chi connectivity index (χ0v) is 11.0. The first-order valence-corrected chi connectivity index (χ1v) is 6.76. The molecule has 0 saturated carbocycles. The van der Waals surface area contributed by atoms with E-state index in [0.29, 0.717) is 13.2 Å². The molecule has 0 aromatic rings. The van der Waals surface area contributed by atoms with Gasteiger partial charge in [0.25, 0.3) is 5.91 Å². The average molecular weight is 272 g/mol. The molecule has 1 fully saturated rings. The van der Waals surface area contributed by atoms with E-state index in [9.17, 15) is 9.59 Å². The molecule has 2 heterocycles. The Morgan fingerprint density at radius 2 is 2.39 bits per heavy atom. The highest BCUT2D eigenvalue weighted by Gasteiger charge is 2.59. The Balaban J connectivity index is 1.90. The molecule has 0 bridgehead atoms. The Morgan fingerprint density at radius 1 is 1.61 bits per heavy atom. The molecule has 100 valence electrons. The van der Waals surface area contributed by atoms with Crippen LogP contribution < -0.4 is 5.73 Å². The summed E-state index contributed by atoms with van der Waals surface area (Å²) in [6, 6.07) is 0. The van der Waals surface area contributed by atoms with Gasteiger partial charge in [-0.15, -0.1) is 0 Å². The molecule has 2 N–H and O–H groups in total. The number of nitrogens with two attached hydrogens (primary N) is 1. The third-order valence-corrected chi connectivity index (χ3v) is 4.06. The van der Waals surface area contributed by atoms with E-state index < -0.39 is 16.6 Å². The van der Waals surface area contributed by atoms with Crippen molar-refractivity contribution >= 4 is 28.8 Å². The summed E-state index contributed by atoms with van der Waals surface area (Å²) in [5, 5.41) is 0.129. The molecule has 1 amide bonds. The van der Waals surface area contributed by atoms with Crippen LogP contribution in [0.2, 0.25) is 0 Å². The molecule has 2 aliphatic heterocycles. The lowest BCUT2D eigenvalue weighted by Crippen LogP contribution is -2.36. The molecule has 18 heavy (non-hydrogen) atoms. The van der Waals surface area contributed by atoms with Crippen molar-refractivity contribution < 1.29 is 19.1 Å².